The molecular formula is C76H104N8O2S2. The molecule has 0 fully saturated rings. The van der Waals surface area contributed by atoms with Gasteiger partial charge in [0.25, 0.3) is 0 Å². The van der Waals surface area contributed by atoms with E-state index in [1.165, 1.54) is 32.5 Å². The number of nitrogens with zero attached hydrogens (tertiary/aromatic N) is 7. The predicted molar refractivity (Wildman–Crippen MR) is 385 cm³/mol. The summed E-state index contributed by atoms with van der Waals surface area (Å²) in [5, 5.41) is 1.01. The number of carbonyl (C=O) groups excluding carboxylic acids is 1. The molecule has 0 saturated carbocycles. The van der Waals surface area contributed by atoms with Crippen LogP contribution in [-0.4, -0.2) is 73.9 Å². The van der Waals surface area contributed by atoms with Crippen molar-refractivity contribution in [1.29, 1.82) is 0 Å². The van der Waals surface area contributed by atoms with E-state index in [4.69, 9.17) is 36.9 Å². The van der Waals surface area contributed by atoms with E-state index in [1.807, 2.05) is 18.3 Å². The first-order valence-corrected chi connectivity index (χ1v) is 31.4. The zero-order valence-corrected chi connectivity index (χ0v) is 59.7. The lowest BCUT2D eigenvalue weighted by molar-refractivity contribution is -0.149. The van der Waals surface area contributed by atoms with Crippen molar-refractivity contribution in [2.75, 3.05) is 19.6 Å². The van der Waals surface area contributed by atoms with E-state index in [1.54, 1.807) is 41.2 Å². The minimum absolute atomic E-state index is 0.0417. The summed E-state index contributed by atoms with van der Waals surface area (Å²) in [5.41, 5.74) is 11.4. The van der Waals surface area contributed by atoms with Gasteiger partial charge < -0.3 is 9.72 Å². The first-order valence-electron chi connectivity index (χ1n) is 29.8. The Morgan fingerprint density at radius 2 is 1.16 bits per heavy atom. The topological polar surface area (TPSA) is 130 Å². The minimum Gasteiger partial charge on any atom is -0.458 e. The third-order valence-electron chi connectivity index (χ3n) is 13.3. The predicted octanol–water partition coefficient (Wildman–Crippen LogP) is 18.3. The van der Waals surface area contributed by atoms with E-state index in [0.29, 0.717) is 5.82 Å². The van der Waals surface area contributed by atoms with Crippen LogP contribution in [0.2, 0.25) is 0 Å². The van der Waals surface area contributed by atoms with Crippen LogP contribution in [0.3, 0.4) is 0 Å². The summed E-state index contributed by atoms with van der Waals surface area (Å²) >= 11 is 3.27. The normalized spacial score (nSPS) is 16.0. The van der Waals surface area contributed by atoms with Gasteiger partial charge >= 0.3 is 5.97 Å². The highest BCUT2D eigenvalue weighted by molar-refractivity contribution is 7.12. The van der Waals surface area contributed by atoms with Gasteiger partial charge in [0.05, 0.1) is 31.0 Å². The van der Waals surface area contributed by atoms with Gasteiger partial charge in [-0.2, -0.15) is 4.37 Å². The van der Waals surface area contributed by atoms with E-state index >= 15 is 0 Å². The molecule has 8 heterocycles. The molecule has 0 spiro atoms. The maximum absolute atomic E-state index is 10.8. The number of imidazole rings is 1. The molecule has 0 amide bonds. The van der Waals surface area contributed by atoms with E-state index < -0.39 is 0 Å². The SMILES string of the molecule is C#CC1=NC(C(C)(C)C)=CC1.C#CC1=NCC(C(C)(C)C)=C1.C#CC1=NCC=C1C(C)(C)C.C#CC1=NCC=C1C(C)(C)C.C#Cc1ncc(C(C)(C)C)[nH]1.C=Cc1cc(C(C)(C)C)sn1.C=Cc1ncc(C(C)(C)C)s1.CC(C)(C)C1CC=CC(=O)O1. The van der Waals surface area contributed by atoms with Crippen molar-refractivity contribution in [3.8, 4) is 61.7 Å². The average molecular weight is 1230 g/mol. The van der Waals surface area contributed by atoms with E-state index in [0.717, 1.165) is 77.4 Å². The molecule has 472 valence electrons. The number of carbonyl (C=O) groups is 1. The number of rotatable bonds is 2. The number of cyclic esters (lactones) is 1. The van der Waals surface area contributed by atoms with Crippen LogP contribution in [0.1, 0.15) is 211 Å². The number of aromatic nitrogens is 4. The Kier molecular flexibility index (Phi) is 30.2. The van der Waals surface area contributed by atoms with Crippen LogP contribution in [0.25, 0.3) is 12.2 Å². The highest BCUT2D eigenvalue weighted by Crippen LogP contribution is 2.33. The molecule has 3 aromatic rings. The van der Waals surface area contributed by atoms with Crippen LogP contribution in [-0.2, 0) is 25.8 Å². The van der Waals surface area contributed by atoms with Gasteiger partial charge in [-0.05, 0) is 91.0 Å². The van der Waals surface area contributed by atoms with Crippen molar-refractivity contribution in [3.63, 3.8) is 0 Å². The van der Waals surface area contributed by atoms with Crippen LogP contribution in [0, 0.1) is 88.8 Å². The summed E-state index contributed by atoms with van der Waals surface area (Å²) in [6.07, 6.45) is 46.9. The maximum Gasteiger partial charge on any atom is 0.330 e. The maximum atomic E-state index is 10.8. The lowest BCUT2D eigenvalue weighted by atomic mass is 9.84. The molecule has 1 N–H and O–H groups in total. The monoisotopic (exact) mass is 1220 g/mol. The second kappa shape index (κ2) is 33.8. The molecule has 10 nitrogen and oxygen atoms in total. The molecule has 88 heavy (non-hydrogen) atoms. The van der Waals surface area contributed by atoms with Crippen molar-refractivity contribution in [2.24, 2.45) is 47.0 Å². The molecule has 0 aliphatic carbocycles. The second-order valence-corrected chi connectivity index (χ2v) is 31.3. The summed E-state index contributed by atoms with van der Waals surface area (Å²) in [7, 11) is 0. The third kappa shape index (κ3) is 28.2. The highest BCUT2D eigenvalue weighted by atomic mass is 32.1. The molecule has 0 bridgehead atoms. The van der Waals surface area contributed by atoms with Gasteiger partial charge in [-0.15, -0.1) is 43.5 Å². The zero-order chi connectivity index (χ0) is 67.9. The van der Waals surface area contributed by atoms with Crippen LogP contribution < -0.4 is 0 Å². The van der Waals surface area contributed by atoms with Gasteiger partial charge in [-0.3, -0.25) is 15.0 Å². The molecule has 1 atom stereocenters. The fraction of sp³-hybridized carbons (Fsp3) is 0.500. The summed E-state index contributed by atoms with van der Waals surface area (Å²) in [6.45, 7) is 61.2. The van der Waals surface area contributed by atoms with Crippen LogP contribution in [0.4, 0.5) is 0 Å². The number of esters is 1. The van der Waals surface area contributed by atoms with Crippen LogP contribution in [0.15, 0.2) is 110 Å². The van der Waals surface area contributed by atoms with Crippen molar-refractivity contribution < 1.29 is 9.53 Å². The molecule has 0 saturated heterocycles. The molecule has 12 heteroatoms. The molecule has 3 aromatic heterocycles. The average Bonchev–Trinajstić information content (AvgIpc) is 4.50. The number of hydrogen-bond donors (Lipinski definition) is 1. The Hall–Kier alpha value is -7.40. The number of aromatic amines is 1. The van der Waals surface area contributed by atoms with Gasteiger partial charge in [0, 0.05) is 63.3 Å². The number of ether oxygens (including phenoxy) is 1. The number of hydrogen-bond acceptors (Lipinski definition) is 11. The van der Waals surface area contributed by atoms with Gasteiger partial charge in [0.2, 0.25) is 0 Å². The van der Waals surface area contributed by atoms with Crippen LogP contribution >= 0.6 is 22.9 Å². The molecule has 5 aliphatic rings. The lowest BCUT2D eigenvalue weighted by Crippen LogP contribution is -2.32. The fourth-order valence-corrected chi connectivity index (χ4v) is 9.25. The Balaban J connectivity index is 0.000000503. The van der Waals surface area contributed by atoms with Gasteiger partial charge in [-0.1, -0.05) is 227 Å². The van der Waals surface area contributed by atoms with Crippen molar-refractivity contribution in [2.45, 2.75) is 201 Å². The lowest BCUT2D eigenvalue weighted by Gasteiger charge is -2.30. The van der Waals surface area contributed by atoms with E-state index in [9.17, 15) is 4.79 Å². The number of allylic oxidation sites excluding steroid dienone is 5. The summed E-state index contributed by atoms with van der Waals surface area (Å²) in [4.78, 5) is 41.6. The van der Waals surface area contributed by atoms with Crippen LogP contribution in [0.5, 0.6) is 0 Å². The van der Waals surface area contributed by atoms with Gasteiger partial charge in [0.15, 0.2) is 5.82 Å². The number of terminal acetylenes is 5. The number of H-pyrrole nitrogens is 1. The summed E-state index contributed by atoms with van der Waals surface area (Å²) in [6, 6.07) is 2.09. The van der Waals surface area contributed by atoms with Gasteiger partial charge in [-0.25, -0.2) is 19.8 Å². The number of aliphatic imine (C=N–C) groups is 4. The fourth-order valence-electron chi connectivity index (χ4n) is 7.64. The Bertz CT molecular complexity index is 3250. The van der Waals surface area contributed by atoms with E-state index in [-0.39, 0.29) is 55.4 Å². The summed E-state index contributed by atoms with van der Waals surface area (Å²) in [5.74, 6) is 13.2. The third-order valence-corrected chi connectivity index (χ3v) is 15.9. The largest absolute Gasteiger partial charge is 0.458 e. The highest BCUT2D eigenvalue weighted by Gasteiger charge is 2.29. The molecule has 1 unspecified atom stereocenters. The van der Waals surface area contributed by atoms with Crippen molar-refractivity contribution >= 4 is 63.8 Å². The Morgan fingerprint density at radius 3 is 1.42 bits per heavy atom. The number of thiazole rings is 1. The first-order chi connectivity index (χ1) is 40.3. The first kappa shape index (κ1) is 78.6. The smallest absolute Gasteiger partial charge is 0.330 e. The molecular weight excluding hydrogens is 1120 g/mol. The van der Waals surface area contributed by atoms with E-state index in [2.05, 4.69) is 273 Å². The molecule has 5 aliphatic heterocycles. The minimum atomic E-state index is -0.212. The van der Waals surface area contributed by atoms with Crippen molar-refractivity contribution in [3.05, 3.63) is 122 Å². The Labute approximate surface area is 541 Å². The van der Waals surface area contributed by atoms with Gasteiger partial charge in [0.1, 0.15) is 28.2 Å². The second-order valence-electron chi connectivity index (χ2n) is 29.5. The molecule has 0 aromatic carbocycles. The molecule has 8 rings (SSSR count). The van der Waals surface area contributed by atoms with Crippen molar-refractivity contribution in [1.82, 2.24) is 19.3 Å². The summed E-state index contributed by atoms with van der Waals surface area (Å²) < 4.78 is 9.35. The standard InChI is InChI=1S/4C10H13N.C9H12N2.2C9H13NS.C9H14O2/c1-5-9-6-8(7-11-9)10(2,3)4;2*1-5-9-8(6-7-11-9)10(2,3)4;1-5-8-6-7-9(11-8)10(2,3)4;2*1-5-8-10-6-7(11-8)9(2,3)4;1-5-7-6-8(11-10-7)9(2,3)4;1-9(2,3)7-5-4-6-8(10)11-7/h3*1,6H,7H2,2-4H3;1,7H,6H2,2-4H3;1,6H,2-4H3,(H,10,11);2*5-6H,1H2,2-4H3;4,6-7H,5H2,1-3H3. The molecule has 0 radical (unpaired) electrons. The quantitative estimate of drug-likeness (QED) is 0.202. The number of nitrogens with one attached hydrogen (secondary N) is 1. The zero-order valence-electron chi connectivity index (χ0n) is 58.0. The Morgan fingerprint density at radius 1 is 0.614 bits per heavy atom.